The molecule has 0 bridgehead atoms. The maximum absolute atomic E-state index is 10.0. The summed E-state index contributed by atoms with van der Waals surface area (Å²) < 4.78 is 25.9. The van der Waals surface area contributed by atoms with Crippen LogP contribution >= 0.6 is 15.6 Å². The van der Waals surface area contributed by atoms with Gasteiger partial charge in [0.15, 0.2) is 0 Å². The van der Waals surface area contributed by atoms with Crippen molar-refractivity contribution in [3.05, 3.63) is 0 Å². The standard InChI is InChI=1S/CH4O9P2.2Ca.2K.6H/c2-1(9-11(3,4)5)10-12(6,7)8;;;;;;;;;;/h(H2,3,4,5)(H2,6,7,8);;;;;;;;;;. The van der Waals surface area contributed by atoms with Crippen LogP contribution in [-0.2, 0) is 18.2 Å². The van der Waals surface area contributed by atoms with Crippen LogP contribution in [0.4, 0.5) is 4.79 Å². The molecule has 16 heavy (non-hydrogen) atoms. The molecule has 0 fully saturated rings. The molecule has 15 heteroatoms. The third-order valence-electron chi connectivity index (χ3n) is 0.387. The molecule has 0 saturated carbocycles. The van der Waals surface area contributed by atoms with Crippen LogP contribution in [0.5, 0.6) is 0 Å². The number of carbonyl (C=O) groups excluding carboxylic acids is 1. The van der Waals surface area contributed by atoms with Crippen molar-refractivity contribution in [3.63, 3.8) is 0 Å². The number of phosphoric ester groups is 2. The molecule has 4 N–H and O–H groups in total. The van der Waals surface area contributed by atoms with Gasteiger partial charge < -0.3 is 9.05 Å². The summed E-state index contributed by atoms with van der Waals surface area (Å²) in [7, 11) is -10.3. The summed E-state index contributed by atoms with van der Waals surface area (Å²) >= 11 is 0. The van der Waals surface area contributed by atoms with E-state index in [-0.39, 0.29) is 178 Å². The Hall–Kier alpha value is 5.36. The van der Waals surface area contributed by atoms with E-state index in [0.717, 1.165) is 0 Å². The summed E-state index contributed by atoms with van der Waals surface area (Å²) in [5.41, 5.74) is 0. The van der Waals surface area contributed by atoms with Gasteiger partial charge in [0, 0.05) is 0 Å². The van der Waals surface area contributed by atoms with E-state index < -0.39 is 21.8 Å². The Morgan fingerprint density at radius 2 is 1.00 bits per heavy atom. The second-order valence-corrected chi connectivity index (χ2v) is 3.74. The van der Waals surface area contributed by atoms with Gasteiger partial charge in [-0.05, 0) is 0 Å². The van der Waals surface area contributed by atoms with Gasteiger partial charge in [-0.25, -0.2) is 13.9 Å². The van der Waals surface area contributed by atoms with Gasteiger partial charge in [0.25, 0.3) is 0 Å². The molecule has 0 aromatic rings. The van der Waals surface area contributed by atoms with E-state index in [1.807, 2.05) is 0 Å². The minimum atomic E-state index is -5.13. The van der Waals surface area contributed by atoms with Crippen molar-refractivity contribution in [2.24, 2.45) is 0 Å². The van der Waals surface area contributed by atoms with Gasteiger partial charge in [-0.15, -0.1) is 0 Å². The molecule has 0 amide bonds. The van der Waals surface area contributed by atoms with Crippen LogP contribution in [0.2, 0.25) is 0 Å². The molecule has 9 nitrogen and oxygen atoms in total. The molecule has 0 aliphatic heterocycles. The maximum atomic E-state index is 10.0. The third-order valence-corrected chi connectivity index (χ3v) is 1.16. The Balaban J connectivity index is -0.000000101. The monoisotopic (exact) mass is 386 g/mol. The molecular formula is CH10Ca2K2O9P2. The van der Waals surface area contributed by atoms with Gasteiger partial charge in [-0.2, -0.15) is 0 Å². The van der Waals surface area contributed by atoms with Gasteiger partial charge in [0.2, 0.25) is 0 Å². The predicted molar refractivity (Wildman–Crippen MR) is 63.0 cm³/mol. The third kappa shape index (κ3) is 27.7. The fraction of sp³-hybridized carbons (Fsp3) is 0. The number of hydrogen-bond donors (Lipinski definition) is 4. The van der Waals surface area contributed by atoms with Crippen molar-refractivity contribution in [2.75, 3.05) is 0 Å². The first-order valence-corrected chi connectivity index (χ1v) is 5.20. The summed E-state index contributed by atoms with van der Waals surface area (Å²) in [5.74, 6) is 0. The molecule has 0 saturated heterocycles. The number of carbonyl (C=O) groups is 1. The average Bonchev–Trinajstić information content (AvgIpc) is 1.49. The predicted octanol–water partition coefficient (Wildman–Crippen LogP) is -3.80. The summed E-state index contributed by atoms with van der Waals surface area (Å²) in [5, 5.41) is 0. The Morgan fingerprint density at radius 1 is 0.812 bits per heavy atom. The zero-order valence-electron chi connectivity index (χ0n) is 5.22. The van der Waals surface area contributed by atoms with E-state index in [0.29, 0.717) is 0 Å². The van der Waals surface area contributed by atoms with Crippen LogP contribution in [0.3, 0.4) is 0 Å². The van der Waals surface area contributed by atoms with Gasteiger partial charge in [-0.3, -0.25) is 19.6 Å². The molecule has 0 radical (unpaired) electrons. The van der Waals surface area contributed by atoms with Crippen LogP contribution in [0.1, 0.15) is 0 Å². The first-order chi connectivity index (χ1) is 5.10. The van der Waals surface area contributed by atoms with Crippen molar-refractivity contribution in [1.82, 2.24) is 0 Å². The van der Waals surface area contributed by atoms with Crippen LogP contribution in [-0.4, -0.2) is 204 Å². The van der Waals surface area contributed by atoms with Gasteiger partial charge in [0.1, 0.15) is 0 Å². The van der Waals surface area contributed by atoms with E-state index in [1.54, 1.807) is 0 Å². The molecule has 0 aliphatic rings. The van der Waals surface area contributed by atoms with E-state index in [2.05, 4.69) is 9.05 Å². The van der Waals surface area contributed by atoms with Gasteiger partial charge in [-0.1, -0.05) is 0 Å². The first kappa shape index (κ1) is 33.1. The molecule has 0 spiro atoms. The Morgan fingerprint density at radius 3 is 1.12 bits per heavy atom. The summed E-state index contributed by atoms with van der Waals surface area (Å²) in [6.07, 6.45) is -2.14. The second-order valence-electron chi connectivity index (χ2n) is 1.41. The van der Waals surface area contributed by atoms with Gasteiger partial charge in [0.05, 0.1) is 0 Å². The second kappa shape index (κ2) is 15.3. The average molecular weight is 386 g/mol. The molecule has 0 atom stereocenters. The first-order valence-electron chi connectivity index (χ1n) is 2.14. The van der Waals surface area contributed by atoms with Crippen molar-refractivity contribution in [3.8, 4) is 0 Å². The van der Waals surface area contributed by atoms with Crippen molar-refractivity contribution in [1.29, 1.82) is 0 Å². The Bertz CT molecular complexity index is 245. The molecule has 0 aliphatic carbocycles. The van der Waals surface area contributed by atoms with Crippen LogP contribution in [0, 0.1) is 0 Å². The SMILES string of the molecule is O=C(OP(=O)(O)O)OP(=O)(O)O.[CaH2].[CaH2].[KH].[KH]. The number of rotatable bonds is 2. The Kier molecular flexibility index (Phi) is 31.6. The van der Waals surface area contributed by atoms with Crippen molar-refractivity contribution >= 4 is 200 Å². The van der Waals surface area contributed by atoms with E-state index in [9.17, 15) is 13.9 Å². The molecule has 0 rings (SSSR count). The molecule has 0 aromatic heterocycles. The van der Waals surface area contributed by atoms with Gasteiger partial charge >= 0.3 is 200 Å². The number of hydrogen-bond acceptors (Lipinski definition) is 5. The zero-order chi connectivity index (χ0) is 9.99. The Labute approximate surface area is 235 Å². The molecule has 0 unspecified atom stereocenters. The van der Waals surface area contributed by atoms with Crippen molar-refractivity contribution in [2.45, 2.75) is 0 Å². The summed E-state index contributed by atoms with van der Waals surface area (Å²) in [6, 6.07) is 0. The number of phosphoric acid groups is 2. The summed E-state index contributed by atoms with van der Waals surface area (Å²) in [4.78, 5) is 41.7. The van der Waals surface area contributed by atoms with Crippen molar-refractivity contribution < 1.29 is 42.5 Å². The molecule has 84 valence electrons. The summed E-state index contributed by atoms with van der Waals surface area (Å²) in [6.45, 7) is 0. The fourth-order valence-corrected chi connectivity index (χ4v) is 0.733. The van der Waals surface area contributed by atoms with Crippen LogP contribution in [0.15, 0.2) is 0 Å². The van der Waals surface area contributed by atoms with E-state index >= 15 is 0 Å². The normalized spacial score (nSPS) is 9.25. The quantitative estimate of drug-likeness (QED) is 0.277. The molecule has 0 aromatic carbocycles. The topological polar surface area (TPSA) is 151 Å². The van der Waals surface area contributed by atoms with E-state index in [1.165, 1.54) is 0 Å². The molecule has 0 heterocycles. The van der Waals surface area contributed by atoms with E-state index in [4.69, 9.17) is 19.6 Å². The molecular weight excluding hydrogens is 376 g/mol. The van der Waals surface area contributed by atoms with Crippen LogP contribution in [0.25, 0.3) is 0 Å². The fourth-order valence-electron chi connectivity index (χ4n) is 0.211. The van der Waals surface area contributed by atoms with Crippen LogP contribution < -0.4 is 0 Å². The minimum absolute atomic E-state index is 0. The zero-order valence-corrected chi connectivity index (χ0v) is 7.01.